The number of non-ortho nitro benzene ring substituents is 1. The van der Waals surface area contributed by atoms with Crippen molar-refractivity contribution < 1.29 is 27.5 Å². The summed E-state index contributed by atoms with van der Waals surface area (Å²) in [5.41, 5.74) is -0.214. The molecule has 0 unspecified atom stereocenters. The van der Waals surface area contributed by atoms with E-state index in [0.717, 1.165) is 12.1 Å². The number of hydrogen-bond donors (Lipinski definition) is 2. The zero-order valence-electron chi connectivity index (χ0n) is 16.7. The molecule has 12 nitrogen and oxygen atoms in total. The van der Waals surface area contributed by atoms with Gasteiger partial charge in [0.15, 0.2) is 15.7 Å². The molecule has 0 spiro atoms. The largest absolute Gasteiger partial charge is 0.350 e. The molecule has 3 aromatic rings. The topological polar surface area (TPSA) is 174 Å². The first kappa shape index (κ1) is 23.8. The van der Waals surface area contributed by atoms with Crippen molar-refractivity contribution in [2.45, 2.75) is 10.6 Å². The highest BCUT2D eigenvalue weighted by Gasteiger charge is 2.21. The van der Waals surface area contributed by atoms with E-state index in [1.54, 1.807) is 18.2 Å². The van der Waals surface area contributed by atoms with Crippen LogP contribution in [-0.2, 0) is 15.6 Å². The quantitative estimate of drug-likeness (QED) is 0.255. The summed E-state index contributed by atoms with van der Waals surface area (Å²) in [4.78, 5) is 38.2. The van der Waals surface area contributed by atoms with E-state index in [-0.39, 0.29) is 40.1 Å². The van der Waals surface area contributed by atoms with E-state index in [0.29, 0.717) is 0 Å². The normalized spacial score (nSPS) is 11.1. The SMILES string of the molecule is O=C(NCCNC(=O)c1ccc([N+](=O)[O-])cc1Cl)c1nc(CS(=O)(=O)c2ccccc2)no1. The van der Waals surface area contributed by atoms with Crippen LogP contribution >= 0.6 is 11.6 Å². The van der Waals surface area contributed by atoms with Crippen molar-refractivity contribution in [3.8, 4) is 0 Å². The molecule has 1 heterocycles. The highest BCUT2D eigenvalue weighted by atomic mass is 35.5. The van der Waals surface area contributed by atoms with E-state index < -0.39 is 38.2 Å². The van der Waals surface area contributed by atoms with Gasteiger partial charge in [-0.2, -0.15) is 4.98 Å². The molecular weight excluding hydrogens is 478 g/mol. The monoisotopic (exact) mass is 493 g/mol. The Morgan fingerprint density at radius 2 is 1.73 bits per heavy atom. The molecular formula is C19H16ClN5O7S. The van der Waals surface area contributed by atoms with E-state index in [9.17, 15) is 28.1 Å². The zero-order chi connectivity index (χ0) is 24.0. The number of nitro benzene ring substituents is 1. The third-order valence-electron chi connectivity index (χ3n) is 4.19. The Morgan fingerprint density at radius 3 is 2.36 bits per heavy atom. The van der Waals surface area contributed by atoms with Gasteiger partial charge in [0, 0.05) is 25.2 Å². The molecule has 0 aliphatic heterocycles. The number of amides is 2. The Balaban J connectivity index is 1.49. The van der Waals surface area contributed by atoms with Gasteiger partial charge in [0.1, 0.15) is 5.75 Å². The number of nitrogens with zero attached hydrogens (tertiary/aromatic N) is 3. The number of aromatic nitrogens is 2. The van der Waals surface area contributed by atoms with Gasteiger partial charge in [0.25, 0.3) is 11.6 Å². The molecule has 0 saturated heterocycles. The summed E-state index contributed by atoms with van der Waals surface area (Å²) in [5, 5.41) is 19.1. The molecule has 33 heavy (non-hydrogen) atoms. The smallest absolute Gasteiger partial charge is 0.315 e. The summed E-state index contributed by atoms with van der Waals surface area (Å²) in [6.45, 7) is -0.0174. The van der Waals surface area contributed by atoms with E-state index >= 15 is 0 Å². The minimum absolute atomic E-state index is 0.00126. The van der Waals surface area contributed by atoms with Gasteiger partial charge in [0.2, 0.25) is 0 Å². The first-order valence-electron chi connectivity index (χ1n) is 9.28. The summed E-state index contributed by atoms with van der Waals surface area (Å²) in [5.74, 6) is -2.49. The van der Waals surface area contributed by atoms with Gasteiger partial charge in [-0.15, -0.1) is 0 Å². The molecule has 0 saturated carbocycles. The fourth-order valence-corrected chi connectivity index (χ4v) is 4.07. The van der Waals surface area contributed by atoms with Crippen LogP contribution < -0.4 is 10.6 Å². The molecule has 0 bridgehead atoms. The second-order valence-electron chi connectivity index (χ2n) is 6.52. The lowest BCUT2D eigenvalue weighted by molar-refractivity contribution is -0.384. The van der Waals surface area contributed by atoms with Crippen molar-refractivity contribution in [1.29, 1.82) is 0 Å². The van der Waals surface area contributed by atoms with Crippen LogP contribution in [0.2, 0.25) is 5.02 Å². The van der Waals surface area contributed by atoms with Crippen molar-refractivity contribution in [3.05, 3.63) is 80.9 Å². The predicted octanol–water partition coefficient (Wildman–Crippen LogP) is 1.76. The van der Waals surface area contributed by atoms with Gasteiger partial charge < -0.3 is 15.2 Å². The van der Waals surface area contributed by atoms with Crippen LogP contribution in [-0.4, -0.2) is 48.4 Å². The molecule has 1 aromatic heterocycles. The zero-order valence-corrected chi connectivity index (χ0v) is 18.3. The maximum Gasteiger partial charge on any atom is 0.315 e. The lowest BCUT2D eigenvalue weighted by Crippen LogP contribution is -2.35. The molecule has 0 atom stereocenters. The molecule has 0 radical (unpaired) electrons. The van der Waals surface area contributed by atoms with Crippen molar-refractivity contribution in [2.24, 2.45) is 0 Å². The Morgan fingerprint density at radius 1 is 1.06 bits per heavy atom. The molecule has 172 valence electrons. The minimum Gasteiger partial charge on any atom is -0.350 e. The Bertz CT molecular complexity index is 1290. The lowest BCUT2D eigenvalue weighted by Gasteiger charge is -2.07. The number of sulfone groups is 1. The second kappa shape index (κ2) is 10.2. The number of hydrogen-bond acceptors (Lipinski definition) is 9. The standard InChI is InChI=1S/C19H16ClN5O7S/c20-15-10-12(25(28)29)6-7-14(15)17(26)21-8-9-22-18(27)19-23-16(24-32-19)11-33(30,31)13-4-2-1-3-5-13/h1-7,10H,8-9,11H2,(H,21,26)(H,22,27). The Labute approximate surface area is 192 Å². The summed E-state index contributed by atoms with van der Waals surface area (Å²) >= 11 is 5.89. The minimum atomic E-state index is -3.71. The lowest BCUT2D eigenvalue weighted by atomic mass is 10.2. The fraction of sp³-hybridized carbons (Fsp3) is 0.158. The number of benzene rings is 2. The molecule has 0 aliphatic rings. The number of halogens is 1. The van der Waals surface area contributed by atoms with Crippen molar-refractivity contribution in [1.82, 2.24) is 20.8 Å². The first-order valence-corrected chi connectivity index (χ1v) is 11.3. The van der Waals surface area contributed by atoms with Crippen LogP contribution in [0, 0.1) is 10.1 Å². The van der Waals surface area contributed by atoms with Crippen molar-refractivity contribution >= 4 is 38.9 Å². The molecule has 0 fully saturated rings. The van der Waals surface area contributed by atoms with E-state index in [4.69, 9.17) is 16.1 Å². The van der Waals surface area contributed by atoms with Crippen LogP contribution in [0.15, 0.2) is 57.9 Å². The van der Waals surface area contributed by atoms with E-state index in [2.05, 4.69) is 20.8 Å². The maximum atomic E-state index is 12.3. The summed E-state index contributed by atoms with van der Waals surface area (Å²) in [6.07, 6.45) is 0. The Kier molecular flexibility index (Phi) is 7.35. The number of rotatable bonds is 9. The van der Waals surface area contributed by atoms with Crippen LogP contribution in [0.25, 0.3) is 0 Å². The molecule has 0 aliphatic carbocycles. The highest BCUT2D eigenvalue weighted by molar-refractivity contribution is 7.90. The van der Waals surface area contributed by atoms with Crippen LogP contribution in [0.1, 0.15) is 26.9 Å². The van der Waals surface area contributed by atoms with E-state index in [1.165, 1.54) is 18.2 Å². The van der Waals surface area contributed by atoms with Gasteiger partial charge in [0.05, 0.1) is 20.4 Å². The maximum absolute atomic E-state index is 12.3. The van der Waals surface area contributed by atoms with Gasteiger partial charge in [-0.1, -0.05) is 35.0 Å². The van der Waals surface area contributed by atoms with Crippen molar-refractivity contribution in [3.63, 3.8) is 0 Å². The predicted molar refractivity (Wildman–Crippen MR) is 114 cm³/mol. The summed E-state index contributed by atoms with van der Waals surface area (Å²) in [6, 6.07) is 11.1. The average molecular weight is 494 g/mol. The Hall–Kier alpha value is -3.84. The average Bonchev–Trinajstić information content (AvgIpc) is 3.24. The van der Waals surface area contributed by atoms with Gasteiger partial charge in [-0.25, -0.2) is 8.42 Å². The molecule has 2 aromatic carbocycles. The number of carbonyl (C=O) groups excluding carboxylic acids is 2. The molecule has 2 N–H and O–H groups in total. The van der Waals surface area contributed by atoms with Gasteiger partial charge in [-0.05, 0) is 18.2 Å². The number of nitro groups is 1. The second-order valence-corrected chi connectivity index (χ2v) is 8.92. The fourth-order valence-electron chi connectivity index (χ4n) is 2.61. The third kappa shape index (κ3) is 6.11. The van der Waals surface area contributed by atoms with E-state index in [1.807, 2.05) is 0 Å². The van der Waals surface area contributed by atoms with Crippen LogP contribution in [0.4, 0.5) is 5.69 Å². The van der Waals surface area contributed by atoms with Gasteiger partial charge in [-0.3, -0.25) is 19.7 Å². The molecule has 2 amide bonds. The summed E-state index contributed by atoms with van der Waals surface area (Å²) in [7, 11) is -3.71. The number of nitrogens with one attached hydrogen (secondary N) is 2. The van der Waals surface area contributed by atoms with Crippen molar-refractivity contribution in [2.75, 3.05) is 13.1 Å². The number of carbonyl (C=O) groups is 2. The summed E-state index contributed by atoms with van der Waals surface area (Å²) < 4.78 is 29.5. The first-order chi connectivity index (χ1) is 15.7. The van der Waals surface area contributed by atoms with Crippen LogP contribution in [0.5, 0.6) is 0 Å². The van der Waals surface area contributed by atoms with Crippen LogP contribution in [0.3, 0.4) is 0 Å². The molecule has 14 heteroatoms. The van der Waals surface area contributed by atoms with Gasteiger partial charge >= 0.3 is 11.8 Å². The highest BCUT2D eigenvalue weighted by Crippen LogP contribution is 2.22. The molecule has 3 rings (SSSR count). The third-order valence-corrected chi connectivity index (χ3v) is 6.13.